The van der Waals surface area contributed by atoms with Crippen molar-refractivity contribution in [1.82, 2.24) is 5.48 Å². The summed E-state index contributed by atoms with van der Waals surface area (Å²) in [6, 6.07) is 1.95. The van der Waals surface area contributed by atoms with Crippen LogP contribution in [0.15, 0.2) is 10.5 Å². The number of nitrogens with one attached hydrogen (secondary N) is 1. The topological polar surface area (TPSA) is 41.5 Å². The molecular formula is C10H14BrNO2. The maximum Gasteiger partial charge on any atom is 0.124 e. The van der Waals surface area contributed by atoms with E-state index in [0.29, 0.717) is 6.54 Å². The van der Waals surface area contributed by atoms with Crippen LogP contribution in [0.2, 0.25) is 0 Å². The minimum absolute atomic E-state index is 0.383. The van der Waals surface area contributed by atoms with Crippen LogP contribution >= 0.6 is 15.9 Å². The smallest absolute Gasteiger partial charge is 0.124 e. The average molecular weight is 260 g/mol. The highest BCUT2D eigenvalue weighted by atomic mass is 79.9. The lowest BCUT2D eigenvalue weighted by atomic mass is 10.0. The van der Waals surface area contributed by atoms with Gasteiger partial charge in [0.05, 0.1) is 7.11 Å². The summed E-state index contributed by atoms with van der Waals surface area (Å²) in [6.45, 7) is 4.38. The molecule has 0 saturated heterocycles. The number of hydrogen-bond acceptors (Lipinski definition) is 3. The van der Waals surface area contributed by atoms with Crippen LogP contribution in [0.4, 0.5) is 0 Å². The highest BCUT2D eigenvalue weighted by Crippen LogP contribution is 2.31. The first-order valence-electron chi connectivity index (χ1n) is 4.31. The molecule has 0 aliphatic heterocycles. The third-order valence-electron chi connectivity index (χ3n) is 2.25. The van der Waals surface area contributed by atoms with Gasteiger partial charge in [-0.15, -0.1) is 0 Å². The van der Waals surface area contributed by atoms with Crippen LogP contribution in [0.3, 0.4) is 0 Å². The molecule has 0 radical (unpaired) electrons. The number of rotatable bonds is 3. The third kappa shape index (κ3) is 2.08. The van der Waals surface area contributed by atoms with Gasteiger partial charge in [0.2, 0.25) is 0 Å². The highest BCUT2D eigenvalue weighted by Gasteiger charge is 2.11. The second-order valence-corrected chi connectivity index (χ2v) is 3.94. The van der Waals surface area contributed by atoms with Gasteiger partial charge < -0.3 is 9.94 Å². The van der Waals surface area contributed by atoms with E-state index in [2.05, 4.69) is 21.4 Å². The van der Waals surface area contributed by atoms with E-state index < -0.39 is 0 Å². The van der Waals surface area contributed by atoms with Crippen molar-refractivity contribution in [2.75, 3.05) is 7.11 Å². The molecule has 4 heteroatoms. The van der Waals surface area contributed by atoms with Crippen LogP contribution in [-0.4, -0.2) is 12.3 Å². The molecule has 1 aromatic rings. The number of hydrogen-bond donors (Lipinski definition) is 2. The normalized spacial score (nSPS) is 10.4. The van der Waals surface area contributed by atoms with Crippen molar-refractivity contribution in [2.24, 2.45) is 0 Å². The summed E-state index contributed by atoms with van der Waals surface area (Å²) >= 11 is 3.50. The molecule has 0 aliphatic rings. The average Bonchev–Trinajstić information content (AvgIpc) is 2.19. The summed E-state index contributed by atoms with van der Waals surface area (Å²) in [6.07, 6.45) is 0. The van der Waals surface area contributed by atoms with Gasteiger partial charge in [-0.1, -0.05) is 15.9 Å². The molecule has 0 heterocycles. The van der Waals surface area contributed by atoms with Crippen LogP contribution < -0.4 is 10.2 Å². The molecule has 0 unspecified atom stereocenters. The molecule has 0 fully saturated rings. The summed E-state index contributed by atoms with van der Waals surface area (Å²) in [5.41, 5.74) is 5.32. The van der Waals surface area contributed by atoms with Gasteiger partial charge in [0, 0.05) is 16.6 Å². The Morgan fingerprint density at radius 1 is 1.50 bits per heavy atom. The van der Waals surface area contributed by atoms with Gasteiger partial charge in [0.1, 0.15) is 5.75 Å². The molecule has 1 aromatic carbocycles. The highest BCUT2D eigenvalue weighted by molar-refractivity contribution is 9.10. The lowest BCUT2D eigenvalue weighted by Gasteiger charge is -2.14. The lowest BCUT2D eigenvalue weighted by molar-refractivity contribution is 0.160. The van der Waals surface area contributed by atoms with Crippen molar-refractivity contribution in [3.05, 3.63) is 27.2 Å². The Morgan fingerprint density at radius 3 is 2.64 bits per heavy atom. The molecule has 2 N–H and O–H groups in total. The number of benzene rings is 1. The molecule has 78 valence electrons. The third-order valence-corrected chi connectivity index (χ3v) is 3.47. The first kappa shape index (κ1) is 11.5. The van der Waals surface area contributed by atoms with Crippen LogP contribution in [0.25, 0.3) is 0 Å². The predicted octanol–water partition coefficient (Wildman–Crippen LogP) is 2.55. The number of methoxy groups -OCH3 is 1. The largest absolute Gasteiger partial charge is 0.496 e. The second-order valence-electron chi connectivity index (χ2n) is 3.15. The van der Waals surface area contributed by atoms with Gasteiger partial charge in [-0.3, -0.25) is 0 Å². The number of hydroxylamine groups is 1. The van der Waals surface area contributed by atoms with E-state index in [9.17, 15) is 0 Å². The zero-order valence-corrected chi connectivity index (χ0v) is 10.1. The van der Waals surface area contributed by atoms with Crippen LogP contribution in [0.1, 0.15) is 16.7 Å². The second kappa shape index (κ2) is 4.77. The van der Waals surface area contributed by atoms with Crippen LogP contribution in [0, 0.1) is 13.8 Å². The molecule has 14 heavy (non-hydrogen) atoms. The van der Waals surface area contributed by atoms with Crippen molar-refractivity contribution >= 4 is 15.9 Å². The van der Waals surface area contributed by atoms with Gasteiger partial charge in [-0.2, -0.15) is 0 Å². The van der Waals surface area contributed by atoms with Gasteiger partial charge >= 0.3 is 0 Å². The van der Waals surface area contributed by atoms with Gasteiger partial charge in [0.25, 0.3) is 0 Å². The Balaban J connectivity index is 3.29. The van der Waals surface area contributed by atoms with Crippen molar-refractivity contribution < 1.29 is 9.94 Å². The summed E-state index contributed by atoms with van der Waals surface area (Å²) in [5.74, 6) is 0.796. The Morgan fingerprint density at radius 2 is 2.14 bits per heavy atom. The minimum atomic E-state index is 0.383. The van der Waals surface area contributed by atoms with E-state index in [1.54, 1.807) is 7.11 Å². The zero-order chi connectivity index (χ0) is 10.7. The fourth-order valence-corrected chi connectivity index (χ4v) is 1.79. The molecule has 0 bridgehead atoms. The molecule has 0 amide bonds. The monoisotopic (exact) mass is 259 g/mol. The molecule has 0 spiro atoms. The van der Waals surface area contributed by atoms with E-state index in [1.807, 2.05) is 19.9 Å². The summed E-state index contributed by atoms with van der Waals surface area (Å²) in [4.78, 5) is 0. The number of ether oxygens (including phenoxy) is 1. The van der Waals surface area contributed by atoms with Crippen LogP contribution in [0.5, 0.6) is 5.75 Å². The Labute approximate surface area is 92.2 Å². The van der Waals surface area contributed by atoms with E-state index in [4.69, 9.17) is 9.94 Å². The molecular weight excluding hydrogens is 246 g/mol. The van der Waals surface area contributed by atoms with Crippen molar-refractivity contribution in [2.45, 2.75) is 20.4 Å². The molecule has 1 rings (SSSR count). The molecule has 0 aromatic heterocycles. The fourth-order valence-electron chi connectivity index (χ4n) is 1.44. The van der Waals surface area contributed by atoms with E-state index in [-0.39, 0.29) is 0 Å². The lowest BCUT2D eigenvalue weighted by Crippen LogP contribution is -2.10. The zero-order valence-electron chi connectivity index (χ0n) is 8.52. The summed E-state index contributed by atoms with van der Waals surface area (Å²) < 4.78 is 6.30. The predicted molar refractivity (Wildman–Crippen MR) is 58.8 cm³/mol. The number of aryl methyl sites for hydroxylation is 1. The Hall–Kier alpha value is -0.580. The first-order chi connectivity index (χ1) is 6.61. The van der Waals surface area contributed by atoms with Crippen molar-refractivity contribution in [3.63, 3.8) is 0 Å². The van der Waals surface area contributed by atoms with Crippen LogP contribution in [-0.2, 0) is 6.54 Å². The van der Waals surface area contributed by atoms with E-state index in [1.165, 1.54) is 0 Å². The molecule has 3 nitrogen and oxygen atoms in total. The van der Waals surface area contributed by atoms with Gasteiger partial charge in [-0.05, 0) is 31.0 Å². The standard InChI is InChI=1S/C10H14BrNO2/c1-6-4-9(14-3)8(5-12-13)7(2)10(6)11/h4,12-13H,5H2,1-3H3. The van der Waals surface area contributed by atoms with Gasteiger partial charge in [-0.25, -0.2) is 5.48 Å². The molecule has 0 saturated carbocycles. The maximum absolute atomic E-state index is 8.70. The van der Waals surface area contributed by atoms with Crippen molar-refractivity contribution in [1.29, 1.82) is 0 Å². The Kier molecular flexibility index (Phi) is 3.92. The van der Waals surface area contributed by atoms with E-state index >= 15 is 0 Å². The maximum atomic E-state index is 8.70. The van der Waals surface area contributed by atoms with E-state index in [0.717, 1.165) is 26.9 Å². The van der Waals surface area contributed by atoms with Crippen molar-refractivity contribution in [3.8, 4) is 5.75 Å². The fraction of sp³-hybridized carbons (Fsp3) is 0.400. The molecule has 0 atom stereocenters. The Bertz CT molecular complexity index is 339. The quantitative estimate of drug-likeness (QED) is 0.820. The summed E-state index contributed by atoms with van der Waals surface area (Å²) in [5, 5.41) is 8.70. The number of halogens is 1. The molecule has 0 aliphatic carbocycles. The van der Waals surface area contributed by atoms with Gasteiger partial charge in [0.15, 0.2) is 0 Å². The minimum Gasteiger partial charge on any atom is -0.496 e. The summed E-state index contributed by atoms with van der Waals surface area (Å²) in [7, 11) is 1.63. The SMILES string of the molecule is COc1cc(C)c(Br)c(C)c1CNO. The first-order valence-corrected chi connectivity index (χ1v) is 5.10.